The first kappa shape index (κ1) is 9.82. The van der Waals surface area contributed by atoms with Crippen molar-refractivity contribution in [3.8, 4) is 11.5 Å². The summed E-state index contributed by atoms with van der Waals surface area (Å²) in [5.41, 5.74) is 0.319. The molecule has 0 radical (unpaired) electrons. The molecule has 1 aromatic heterocycles. The first-order valence-corrected chi connectivity index (χ1v) is 8.93. The number of nitrogens with one attached hydrogen (secondary N) is 1. The molecule has 2 aromatic carbocycles. The number of aromatic nitrogens is 1. The predicted octanol–water partition coefficient (Wildman–Crippen LogP) is 2.21. The number of ether oxygens (including phenoxy) is 2. The van der Waals surface area contributed by atoms with Crippen LogP contribution >= 0.6 is 0 Å². The summed E-state index contributed by atoms with van der Waals surface area (Å²) >= 11 is 0. The van der Waals surface area contributed by atoms with Gasteiger partial charge in [-0.05, 0) is 29.3 Å². The molecular weight excluding hydrogens is 370 g/mol. The molecule has 6 rings (SSSR count). The van der Waals surface area contributed by atoms with Crippen LogP contribution in [0.1, 0.15) is 35.2 Å². The topological polar surface area (TPSA) is 74.9 Å². The highest BCUT2D eigenvalue weighted by atomic mass is 16.7. The van der Waals surface area contributed by atoms with E-state index in [9.17, 15) is 9.59 Å². The maximum Gasteiger partial charge on any atom is 0.245 e. The lowest BCUT2D eigenvalue weighted by atomic mass is 9.86. The summed E-state index contributed by atoms with van der Waals surface area (Å²) in [5.74, 6) is -1.80. The molecule has 146 valence electrons. The van der Waals surface area contributed by atoms with Gasteiger partial charge in [-0.1, -0.05) is 24.2 Å². The summed E-state index contributed by atoms with van der Waals surface area (Å²) in [6.45, 7) is -2.97. The van der Waals surface area contributed by atoms with Gasteiger partial charge >= 0.3 is 0 Å². The second kappa shape index (κ2) is 5.76. The number of carbonyl (C=O) groups excluding carboxylic acids is 2. The number of piperazine rings is 1. The van der Waals surface area contributed by atoms with Crippen molar-refractivity contribution in [3.05, 3.63) is 59.1 Å². The number of carbonyl (C=O) groups is 2. The van der Waals surface area contributed by atoms with Crippen molar-refractivity contribution in [1.29, 1.82) is 0 Å². The Bertz CT molecular complexity index is 1620. The Kier molecular flexibility index (Phi) is 1.95. The number of aromatic amines is 1. The van der Waals surface area contributed by atoms with Gasteiger partial charge in [-0.15, -0.1) is 0 Å². The Labute approximate surface area is 179 Å². The van der Waals surface area contributed by atoms with E-state index in [1.807, 2.05) is 0 Å². The van der Waals surface area contributed by atoms with E-state index >= 15 is 0 Å². The number of para-hydroxylation sites is 1. The third-order valence-corrected chi connectivity index (χ3v) is 5.51. The van der Waals surface area contributed by atoms with E-state index in [0.29, 0.717) is 5.56 Å². The summed E-state index contributed by atoms with van der Waals surface area (Å²) in [7, 11) is 1.46. The van der Waals surface area contributed by atoms with Crippen LogP contribution in [0.25, 0.3) is 10.9 Å². The lowest BCUT2D eigenvalue weighted by Crippen LogP contribution is -2.62. The van der Waals surface area contributed by atoms with E-state index in [2.05, 4.69) is 4.98 Å². The number of hydrogen-bond donors (Lipinski definition) is 1. The van der Waals surface area contributed by atoms with Crippen LogP contribution in [0.4, 0.5) is 0 Å². The number of nitrogens with zero attached hydrogens (tertiary/aromatic N) is 2. The van der Waals surface area contributed by atoms with Gasteiger partial charge in [0.25, 0.3) is 0 Å². The first-order chi connectivity index (χ1) is 17.7. The van der Waals surface area contributed by atoms with E-state index in [-0.39, 0.29) is 47.2 Å². The van der Waals surface area contributed by atoms with Gasteiger partial charge in [0, 0.05) is 30.1 Å². The zero-order chi connectivity index (χ0) is 27.6. The average Bonchev–Trinajstić information content (AvgIpc) is 3.40. The Hall–Kier alpha value is -3.48. The molecule has 3 aromatic rings. The number of H-pyrrole nitrogens is 1. The van der Waals surface area contributed by atoms with E-state index in [0.717, 1.165) is 0 Å². The van der Waals surface area contributed by atoms with Crippen LogP contribution in [0, 0.1) is 0 Å². The summed E-state index contributed by atoms with van der Waals surface area (Å²) in [5, 5.41) is 0.130. The third-order valence-electron chi connectivity index (χ3n) is 5.51. The van der Waals surface area contributed by atoms with Crippen LogP contribution in [0.2, 0.25) is 0 Å². The van der Waals surface area contributed by atoms with Crippen molar-refractivity contribution in [3.63, 3.8) is 0 Å². The minimum atomic E-state index is -2.69. The van der Waals surface area contributed by atoms with Crippen molar-refractivity contribution in [1.82, 2.24) is 14.8 Å². The van der Waals surface area contributed by atoms with Gasteiger partial charge in [0.05, 0.1) is 22.2 Å². The molecule has 1 N–H and O–H groups in total. The SMILES string of the molecule is [2H]c1c([2H])c(C2c3[nH]c4c([2H])c([2H])c([2H])c([2H])c4c3C[C@@H]3C(=O)N(C)CC(=O)N23)c([2H])c2c1OC([2H])([2H])O2. The number of likely N-dealkylation sites (N-methyl/N-ethyl adjacent to an activating group) is 1. The molecule has 2 atom stereocenters. The van der Waals surface area contributed by atoms with Crippen LogP contribution in [0.15, 0.2) is 42.3 Å². The highest BCUT2D eigenvalue weighted by molar-refractivity contribution is 5.97. The molecule has 1 unspecified atom stereocenters. The second-order valence-corrected chi connectivity index (χ2v) is 7.12. The minimum Gasteiger partial charge on any atom is -0.454 e. The maximum absolute atomic E-state index is 13.4. The van der Waals surface area contributed by atoms with Crippen LogP contribution in [-0.4, -0.2) is 53.0 Å². The van der Waals surface area contributed by atoms with E-state index in [1.54, 1.807) is 0 Å². The van der Waals surface area contributed by atoms with Crippen molar-refractivity contribution in [2.75, 3.05) is 20.3 Å². The largest absolute Gasteiger partial charge is 0.454 e. The highest BCUT2D eigenvalue weighted by Crippen LogP contribution is 2.44. The summed E-state index contributed by atoms with van der Waals surface area (Å²) in [6, 6.07) is -5.76. The molecule has 1 saturated heterocycles. The summed E-state index contributed by atoms with van der Waals surface area (Å²) in [4.78, 5) is 32.1. The normalized spacial score (nSPS) is 28.9. The van der Waals surface area contributed by atoms with Gasteiger partial charge in [-0.25, -0.2) is 0 Å². The van der Waals surface area contributed by atoms with Crippen LogP contribution in [0.3, 0.4) is 0 Å². The van der Waals surface area contributed by atoms with E-state index in [4.69, 9.17) is 21.8 Å². The van der Waals surface area contributed by atoms with Gasteiger partial charge in [-0.3, -0.25) is 9.59 Å². The van der Waals surface area contributed by atoms with Gasteiger partial charge in [0.15, 0.2) is 11.5 Å². The lowest BCUT2D eigenvalue weighted by Gasteiger charge is -2.46. The van der Waals surface area contributed by atoms with Crippen molar-refractivity contribution in [2.24, 2.45) is 0 Å². The summed E-state index contributed by atoms with van der Waals surface area (Å²) < 4.78 is 84.7. The standard InChI is InChI=1S/C22H19N3O4/c1-24-10-19(26)25-16(22(24)27)9-14-13-4-2-3-5-15(13)23-20(14)21(25)12-6-7-17-18(8-12)29-11-28-17/h2-8,16,21,23H,9-11H2,1H3/t16-,21?/m1/s1/i2D,3D,4D,5D,6D,7D,8D,11D2. The molecule has 29 heavy (non-hydrogen) atoms. The van der Waals surface area contributed by atoms with E-state index in [1.165, 1.54) is 16.8 Å². The highest BCUT2D eigenvalue weighted by Gasteiger charge is 2.47. The lowest BCUT2D eigenvalue weighted by molar-refractivity contribution is -0.157. The quantitative estimate of drug-likeness (QED) is 0.682. The monoisotopic (exact) mass is 398 g/mol. The molecule has 4 heterocycles. The Morgan fingerprint density at radius 1 is 1.17 bits per heavy atom. The molecule has 0 saturated carbocycles. The molecule has 3 aliphatic rings. The third kappa shape index (κ3) is 2.24. The number of benzene rings is 2. The molecule has 0 aliphatic carbocycles. The molecular formula is C22H19N3O4. The molecule has 7 nitrogen and oxygen atoms in total. The van der Waals surface area contributed by atoms with Crippen molar-refractivity contribution >= 4 is 22.7 Å². The van der Waals surface area contributed by atoms with Gasteiger partial charge in [0.2, 0.25) is 18.6 Å². The molecule has 0 spiro atoms. The molecule has 0 bridgehead atoms. The van der Waals surface area contributed by atoms with Crippen molar-refractivity contribution in [2.45, 2.75) is 18.5 Å². The fourth-order valence-electron chi connectivity index (χ4n) is 4.23. The molecule has 1 fully saturated rings. The Morgan fingerprint density at radius 3 is 2.90 bits per heavy atom. The zero-order valence-electron chi connectivity index (χ0n) is 24.1. The minimum absolute atomic E-state index is 0.0420. The Balaban J connectivity index is 1.71. The van der Waals surface area contributed by atoms with Crippen LogP contribution in [-0.2, 0) is 16.0 Å². The molecule has 7 heteroatoms. The number of rotatable bonds is 1. The Morgan fingerprint density at radius 2 is 2.00 bits per heavy atom. The van der Waals surface area contributed by atoms with Crippen LogP contribution < -0.4 is 9.47 Å². The smallest absolute Gasteiger partial charge is 0.245 e. The number of fused-ring (bicyclic) bond motifs is 5. The number of hydrogen-bond acceptors (Lipinski definition) is 4. The van der Waals surface area contributed by atoms with Crippen molar-refractivity contribution < 1.29 is 31.4 Å². The van der Waals surface area contributed by atoms with E-state index < -0.39 is 72.4 Å². The summed E-state index contributed by atoms with van der Waals surface area (Å²) in [6.07, 6.45) is -0.0790. The molecule has 2 amide bonds. The predicted molar refractivity (Wildman–Crippen MR) is 105 cm³/mol. The fraction of sp³-hybridized carbons (Fsp3) is 0.273. The second-order valence-electron chi connectivity index (χ2n) is 7.12. The average molecular weight is 398 g/mol. The van der Waals surface area contributed by atoms with Gasteiger partial charge in [-0.2, -0.15) is 0 Å². The maximum atomic E-state index is 13.4. The zero-order valence-corrected chi connectivity index (χ0v) is 15.1. The number of amides is 2. The van der Waals surface area contributed by atoms with Gasteiger partial charge < -0.3 is 24.3 Å². The van der Waals surface area contributed by atoms with Crippen LogP contribution in [0.5, 0.6) is 11.5 Å². The van der Waals surface area contributed by atoms with Gasteiger partial charge in [0.1, 0.15) is 8.78 Å². The first-order valence-electron chi connectivity index (χ1n) is 13.4. The molecule has 3 aliphatic heterocycles. The fourth-order valence-corrected chi connectivity index (χ4v) is 4.23.